The molecule has 3 unspecified atom stereocenters. The van der Waals surface area contributed by atoms with Crippen LogP contribution in [0, 0.1) is 0 Å². The first kappa shape index (κ1) is 67.1. The van der Waals surface area contributed by atoms with Gasteiger partial charge < -0.3 is 45.0 Å². The molecule has 1 saturated heterocycles. The zero-order valence-corrected chi connectivity index (χ0v) is 50.1. The summed E-state index contributed by atoms with van der Waals surface area (Å²) in [6.07, 6.45) is 12.3. The molecule has 456 valence electrons. The lowest BCUT2D eigenvalue weighted by atomic mass is 9.77. The fourth-order valence-electron chi connectivity index (χ4n) is 10.0. The molecule has 10 N–H and O–H groups in total. The number of anilines is 1. The molecule has 1 fully saturated rings. The molecule has 0 saturated carbocycles. The number of aromatic nitrogens is 2. The first-order valence-corrected chi connectivity index (χ1v) is 32.7. The summed E-state index contributed by atoms with van der Waals surface area (Å²) in [5.74, 6) is -0.469. The number of phosphoric ester groups is 1. The highest BCUT2D eigenvalue weighted by Gasteiger charge is 2.46. The summed E-state index contributed by atoms with van der Waals surface area (Å²) >= 11 is 0.899. The molecule has 83 heavy (non-hydrogen) atoms. The van der Waals surface area contributed by atoms with Gasteiger partial charge in [-0.15, -0.1) is 4.33 Å². The van der Waals surface area contributed by atoms with E-state index >= 15 is 0 Å². The predicted octanol–water partition coefficient (Wildman–Crippen LogP) is 6.07. The number of hydrogen-bond acceptors (Lipinski definition) is 19. The van der Waals surface area contributed by atoms with Gasteiger partial charge in [-0.05, 0) is 102 Å². The third-order valence-corrected chi connectivity index (χ3v) is 19.1. The van der Waals surface area contributed by atoms with Crippen molar-refractivity contribution in [1.29, 1.82) is 0 Å². The van der Waals surface area contributed by atoms with Crippen molar-refractivity contribution in [3.63, 3.8) is 0 Å². The minimum atomic E-state index is -5.80. The Bertz CT molecular complexity index is 3430. The van der Waals surface area contributed by atoms with Crippen molar-refractivity contribution in [1.82, 2.24) is 20.2 Å². The van der Waals surface area contributed by atoms with E-state index < -0.39 is 75.3 Å². The topological polar surface area (TPSA) is 402 Å². The van der Waals surface area contributed by atoms with Crippen LogP contribution in [0.1, 0.15) is 109 Å². The van der Waals surface area contributed by atoms with Gasteiger partial charge >= 0.3 is 29.2 Å². The number of carbonyl (C=O) groups is 2. The van der Waals surface area contributed by atoms with Crippen molar-refractivity contribution < 1.29 is 98.0 Å². The van der Waals surface area contributed by atoms with Crippen molar-refractivity contribution >= 4 is 80.6 Å². The van der Waals surface area contributed by atoms with Crippen LogP contribution in [0.2, 0.25) is 0 Å². The van der Waals surface area contributed by atoms with Crippen molar-refractivity contribution in [3.8, 4) is 0 Å². The van der Waals surface area contributed by atoms with Crippen LogP contribution in [0.5, 0.6) is 0 Å². The monoisotopic (exact) mass is 1260 g/mol. The van der Waals surface area contributed by atoms with E-state index in [4.69, 9.17) is 19.8 Å². The minimum absolute atomic E-state index is 0.00145. The van der Waals surface area contributed by atoms with E-state index in [1.807, 2.05) is 56.4 Å². The van der Waals surface area contributed by atoms with Gasteiger partial charge in [0.15, 0.2) is 5.71 Å². The highest BCUT2D eigenvalue weighted by atomic mass is 32.2. The molecule has 6 rings (SSSR count). The number of nitrogens with zero attached hydrogens (tertiary/aromatic N) is 3. The number of fused-ring (bicyclic) bond motifs is 2. The number of likely N-dealkylation sites (N-methyl/N-ethyl adjacent to an activating group) is 1. The molecule has 1 aromatic heterocycles. The number of allylic oxidation sites excluding steroid dienone is 6. The number of carbonyl (C=O) groups excluding carboxylic acids is 2. The Labute approximate surface area is 481 Å². The lowest BCUT2D eigenvalue weighted by Crippen LogP contribution is -2.33. The van der Waals surface area contributed by atoms with Crippen LogP contribution in [0.3, 0.4) is 0 Å². The zero-order chi connectivity index (χ0) is 61.1. The van der Waals surface area contributed by atoms with E-state index in [0.29, 0.717) is 50.8 Å². The third kappa shape index (κ3) is 17.8. The summed E-state index contributed by atoms with van der Waals surface area (Å²) < 4.78 is 94.4. The van der Waals surface area contributed by atoms with Crippen LogP contribution < -0.4 is 26.8 Å². The van der Waals surface area contributed by atoms with Crippen molar-refractivity contribution in [2.24, 2.45) is 0 Å². The van der Waals surface area contributed by atoms with Crippen LogP contribution >= 0.6 is 35.5 Å². The second-order valence-electron chi connectivity index (χ2n) is 20.0. The number of unbranched alkanes of at least 4 members (excludes halogenated alkanes) is 2. The maximum absolute atomic E-state index is 13.1. The molecule has 28 nitrogen and oxygen atoms in total. The smallest absolute Gasteiger partial charge is 0.390 e. The Kier molecular flexibility index (Phi) is 23.0. The Morgan fingerprint density at radius 1 is 0.916 bits per heavy atom. The summed E-state index contributed by atoms with van der Waals surface area (Å²) in [5, 5.41) is 28.5. The Morgan fingerprint density at radius 3 is 2.33 bits per heavy atom. The number of benzene rings is 2. The van der Waals surface area contributed by atoms with Gasteiger partial charge in [0.2, 0.25) is 17.5 Å². The highest BCUT2D eigenvalue weighted by Crippen LogP contribution is 2.66. The van der Waals surface area contributed by atoms with Gasteiger partial charge in [0, 0.05) is 84.5 Å². The van der Waals surface area contributed by atoms with Crippen LogP contribution in [0.25, 0.3) is 6.08 Å². The number of rotatable bonds is 30. The third-order valence-electron chi connectivity index (χ3n) is 13.9. The molecule has 6 atom stereocenters. The normalized spacial score (nSPS) is 21.8. The van der Waals surface area contributed by atoms with Gasteiger partial charge in [-0.1, -0.05) is 41.8 Å². The summed E-state index contributed by atoms with van der Waals surface area (Å²) in [6.45, 7) is 11.0. The fourth-order valence-corrected chi connectivity index (χ4v) is 14.0. The van der Waals surface area contributed by atoms with Gasteiger partial charge in [-0.2, -0.15) is 21.6 Å². The molecule has 0 aliphatic carbocycles. The van der Waals surface area contributed by atoms with E-state index in [1.54, 1.807) is 6.07 Å². The van der Waals surface area contributed by atoms with Crippen LogP contribution in [0.4, 0.5) is 11.4 Å². The number of phosphoric acid groups is 3. The average Bonchev–Trinajstić information content (AvgIpc) is 1.89. The maximum atomic E-state index is 13.1. The number of ether oxygens (including phenoxy) is 1. The summed E-state index contributed by atoms with van der Waals surface area (Å²) in [5.41, 5.74) is 2.68. The molecule has 0 bridgehead atoms. The molecular formula is C50H68N6O22P3S2+. The Hall–Kier alpha value is -5.04. The van der Waals surface area contributed by atoms with E-state index in [0.717, 1.165) is 62.6 Å². The van der Waals surface area contributed by atoms with Gasteiger partial charge in [-0.3, -0.25) is 33.0 Å². The van der Waals surface area contributed by atoms with Gasteiger partial charge in [0.25, 0.3) is 15.7 Å². The number of amides is 2. The second-order valence-corrected chi connectivity index (χ2v) is 26.6. The molecule has 3 aromatic rings. The van der Waals surface area contributed by atoms with E-state index in [1.165, 1.54) is 24.3 Å². The fraction of sp³-hybridized carbons (Fsp3) is 0.460. The van der Waals surface area contributed by atoms with Crippen molar-refractivity contribution in [3.05, 3.63) is 122 Å². The summed E-state index contributed by atoms with van der Waals surface area (Å²) in [6, 6.07) is 10.5. The Morgan fingerprint density at radius 2 is 1.64 bits per heavy atom. The number of nitrogens with one attached hydrogen (secondary N) is 3. The predicted molar refractivity (Wildman–Crippen MR) is 302 cm³/mol. The van der Waals surface area contributed by atoms with Gasteiger partial charge in [-0.25, -0.2) is 23.7 Å². The Balaban J connectivity index is 0.959. The number of aliphatic hydroxyl groups is 1. The minimum Gasteiger partial charge on any atom is -0.390 e. The van der Waals surface area contributed by atoms with E-state index in [9.17, 15) is 60.7 Å². The molecule has 2 amide bonds. The summed E-state index contributed by atoms with van der Waals surface area (Å²) in [4.78, 5) is 92.1. The average molecular weight is 1260 g/mol. The van der Waals surface area contributed by atoms with Crippen LogP contribution in [0.15, 0.2) is 104 Å². The lowest BCUT2D eigenvalue weighted by Gasteiger charge is -2.30. The number of H-pyrrole nitrogens is 1. The largest absolute Gasteiger partial charge is 0.490 e. The van der Waals surface area contributed by atoms with Crippen LogP contribution in [-0.4, -0.2) is 120 Å². The molecule has 0 spiro atoms. The second kappa shape index (κ2) is 28.4. The molecule has 33 heteroatoms. The quantitative estimate of drug-likeness (QED) is 0.00529. The zero-order valence-electron chi connectivity index (χ0n) is 45.8. The molecule has 2 aromatic carbocycles. The highest BCUT2D eigenvalue weighted by molar-refractivity contribution is 7.94. The van der Waals surface area contributed by atoms with Crippen molar-refractivity contribution in [2.45, 2.75) is 125 Å². The first-order valence-electron chi connectivity index (χ1n) is 26.0. The number of hydrogen-bond donors (Lipinski definition) is 10. The van der Waals surface area contributed by atoms with E-state index in [2.05, 4.69) is 74.5 Å². The van der Waals surface area contributed by atoms with Crippen molar-refractivity contribution in [2.75, 3.05) is 37.7 Å². The lowest BCUT2D eigenvalue weighted by molar-refractivity contribution is -0.433. The SMILES string of the molecule is CCN1/C(=C/C=C/C=C/C2=[N+](CC)c3ccc(SOOO)cc3C2(C)C)C(C)(CCCC(=O)NCCCCCC(=O)NC/C=C/c2cn([C@H]3C[C@@H](O)[C@@H](COP(=O)(O)OP(=O)(O)OP(=O)(O)O)O3)c(=O)[nH]c2=O)c2cc(S(=O)(=O)O)ccc21. The maximum Gasteiger partial charge on any atom is 0.490 e. The standard InChI is InChI=1S/C50H67N6O22P3S2/c1-6-54-38-23-21-34(82-76-75-62)28-36(38)49(3,4)42(54)17-10-8-11-18-43-50(5,37-29-35(83(70,71)72)22-24-39(37)55(43)7-2)25-14-20-45(59)51-26-13-9-12-19-44(58)52-27-15-16-33-31-56(48(61)53-47(33)60)46-30-40(57)41(74-46)32-73-80(66,67)78-81(68,69)77-79(63,64)65/h8,10-11,15-18,21-24,28-29,31,40-41,46,57H,6-7,9,12-14,19-20,25-27,30,32H2,1-5H3,(H8-,51,52,53,58,59,60,61,62,63,64,65,66,67,68,69,70,71,72)/p+1/b16-15+/t40-,41-,46-,50?/m1/s1. The molecular weight excluding hydrogens is 1190 g/mol. The molecule has 0 radical (unpaired) electrons. The van der Waals surface area contributed by atoms with Gasteiger partial charge in [0.05, 0.1) is 40.6 Å². The molecule has 3 aliphatic heterocycles. The first-order chi connectivity index (χ1) is 38.9. The molecule has 4 heterocycles. The van der Waals surface area contributed by atoms with E-state index in [-0.39, 0.29) is 53.5 Å². The van der Waals surface area contributed by atoms with Gasteiger partial charge in [0.1, 0.15) is 18.9 Å². The summed E-state index contributed by atoms with van der Waals surface area (Å²) in [7, 11) is -21.5. The van der Waals surface area contributed by atoms with Crippen LogP contribution in [-0.2, 0) is 71.5 Å². The molecule has 3 aliphatic rings. The number of aromatic amines is 1. The number of aliphatic hydroxyl groups excluding tert-OH is 1.